The van der Waals surface area contributed by atoms with Crippen molar-refractivity contribution in [2.75, 3.05) is 0 Å². The molecule has 0 bridgehead atoms. The molecule has 7 heteroatoms. The van der Waals surface area contributed by atoms with Gasteiger partial charge in [0, 0.05) is 10.6 Å². The number of rotatable bonds is 4. The fourth-order valence-corrected chi connectivity index (χ4v) is 1.65. The minimum Gasteiger partial charge on any atom is -0.380 e. The fourth-order valence-electron chi connectivity index (χ4n) is 1.06. The molecule has 18 heavy (non-hydrogen) atoms. The van der Waals surface area contributed by atoms with Gasteiger partial charge in [-0.15, -0.1) is 0 Å². The maximum atomic E-state index is 11.4. The Kier molecular flexibility index (Phi) is 5.91. The van der Waals surface area contributed by atoms with Gasteiger partial charge in [0.2, 0.25) is 0 Å². The SMILES string of the molecule is CCC(Br)C(=O)O/N=C(\N)c1ccc(Cl)cc1Cl. The van der Waals surface area contributed by atoms with E-state index in [1.165, 1.54) is 6.07 Å². The lowest BCUT2D eigenvalue weighted by Crippen LogP contribution is -2.19. The van der Waals surface area contributed by atoms with E-state index in [-0.39, 0.29) is 5.84 Å². The smallest absolute Gasteiger partial charge is 0.348 e. The Bertz CT molecular complexity index is 480. The molecule has 0 aliphatic heterocycles. The Hall–Kier alpha value is -0.780. The summed E-state index contributed by atoms with van der Waals surface area (Å²) >= 11 is 14.8. The maximum absolute atomic E-state index is 11.4. The summed E-state index contributed by atoms with van der Waals surface area (Å²) in [5.74, 6) is -0.494. The molecule has 0 heterocycles. The molecule has 1 rings (SSSR count). The van der Waals surface area contributed by atoms with E-state index in [1.54, 1.807) is 12.1 Å². The van der Waals surface area contributed by atoms with Crippen molar-refractivity contribution in [1.29, 1.82) is 0 Å². The zero-order valence-corrected chi connectivity index (χ0v) is 12.6. The van der Waals surface area contributed by atoms with Crippen molar-refractivity contribution in [3.63, 3.8) is 0 Å². The van der Waals surface area contributed by atoms with Gasteiger partial charge < -0.3 is 10.6 Å². The Balaban J connectivity index is 2.80. The molecule has 0 fully saturated rings. The molecule has 1 atom stereocenters. The summed E-state index contributed by atoms with van der Waals surface area (Å²) in [6, 6.07) is 4.75. The van der Waals surface area contributed by atoms with Crippen LogP contribution < -0.4 is 5.73 Å². The predicted molar refractivity (Wildman–Crippen MR) is 76.3 cm³/mol. The van der Waals surface area contributed by atoms with Gasteiger partial charge in [0.05, 0.1) is 5.02 Å². The second-order valence-electron chi connectivity index (χ2n) is 3.39. The Morgan fingerprint density at radius 2 is 2.22 bits per heavy atom. The fraction of sp³-hybridized carbons (Fsp3) is 0.273. The van der Waals surface area contributed by atoms with Gasteiger partial charge in [-0.2, -0.15) is 0 Å². The molecule has 0 aromatic heterocycles. The monoisotopic (exact) mass is 352 g/mol. The van der Waals surface area contributed by atoms with E-state index in [4.69, 9.17) is 28.9 Å². The van der Waals surface area contributed by atoms with E-state index in [2.05, 4.69) is 25.9 Å². The number of oxime groups is 1. The number of hydrogen-bond acceptors (Lipinski definition) is 3. The van der Waals surface area contributed by atoms with Crippen molar-refractivity contribution < 1.29 is 9.63 Å². The molecule has 0 saturated carbocycles. The number of nitrogens with zero attached hydrogens (tertiary/aromatic N) is 1. The first-order chi connectivity index (χ1) is 8.45. The first-order valence-electron chi connectivity index (χ1n) is 5.09. The highest BCUT2D eigenvalue weighted by Gasteiger charge is 2.15. The zero-order chi connectivity index (χ0) is 13.7. The van der Waals surface area contributed by atoms with Gasteiger partial charge in [0.25, 0.3) is 0 Å². The van der Waals surface area contributed by atoms with Crippen LogP contribution in [0.4, 0.5) is 0 Å². The van der Waals surface area contributed by atoms with Crippen molar-refractivity contribution >= 4 is 50.9 Å². The van der Waals surface area contributed by atoms with E-state index in [0.29, 0.717) is 22.0 Å². The minimum absolute atomic E-state index is 0.0146. The summed E-state index contributed by atoms with van der Waals surface area (Å²) in [4.78, 5) is 15.6. The van der Waals surface area contributed by atoms with E-state index in [0.717, 1.165) is 0 Å². The quantitative estimate of drug-likeness (QED) is 0.297. The van der Waals surface area contributed by atoms with E-state index >= 15 is 0 Å². The van der Waals surface area contributed by atoms with Crippen LogP contribution in [0.1, 0.15) is 18.9 Å². The number of alkyl halides is 1. The lowest BCUT2D eigenvalue weighted by atomic mass is 10.2. The van der Waals surface area contributed by atoms with Gasteiger partial charge in [0.15, 0.2) is 5.84 Å². The van der Waals surface area contributed by atoms with E-state index < -0.39 is 10.8 Å². The van der Waals surface area contributed by atoms with Crippen LogP contribution in [-0.2, 0) is 9.63 Å². The first kappa shape index (κ1) is 15.3. The minimum atomic E-state index is -0.509. The zero-order valence-electron chi connectivity index (χ0n) is 9.49. The van der Waals surface area contributed by atoms with Crippen molar-refractivity contribution in [2.24, 2.45) is 10.9 Å². The molecule has 1 aromatic rings. The number of benzene rings is 1. The van der Waals surface area contributed by atoms with Crippen molar-refractivity contribution in [3.05, 3.63) is 33.8 Å². The van der Waals surface area contributed by atoms with Crippen LogP contribution >= 0.6 is 39.1 Å². The number of nitrogens with two attached hydrogens (primary N) is 1. The van der Waals surface area contributed by atoms with E-state index in [9.17, 15) is 4.79 Å². The predicted octanol–water partition coefficient (Wildman–Crippen LogP) is 3.33. The highest BCUT2D eigenvalue weighted by Crippen LogP contribution is 2.20. The molecule has 0 aliphatic carbocycles. The molecule has 0 aliphatic rings. The average Bonchev–Trinajstić information content (AvgIpc) is 2.34. The Morgan fingerprint density at radius 1 is 1.56 bits per heavy atom. The standard InChI is InChI=1S/C11H11BrCl2N2O2/c1-2-8(12)11(17)18-16-10(15)7-4-3-6(13)5-9(7)14/h3-5,8H,2H2,1H3,(H2,15,16). The first-order valence-corrected chi connectivity index (χ1v) is 6.76. The molecule has 0 spiro atoms. The summed E-state index contributed by atoms with van der Waals surface area (Å²) in [7, 11) is 0. The van der Waals surface area contributed by atoms with Crippen LogP contribution in [0.5, 0.6) is 0 Å². The van der Waals surface area contributed by atoms with Crippen LogP contribution in [0.3, 0.4) is 0 Å². The van der Waals surface area contributed by atoms with Gasteiger partial charge in [0.1, 0.15) is 4.83 Å². The van der Waals surface area contributed by atoms with Crippen LogP contribution in [0.25, 0.3) is 0 Å². The third-order valence-corrected chi connectivity index (χ3v) is 3.62. The molecule has 98 valence electrons. The molecular weight excluding hydrogens is 343 g/mol. The molecule has 2 N–H and O–H groups in total. The lowest BCUT2D eigenvalue weighted by Gasteiger charge is -2.05. The Morgan fingerprint density at radius 3 is 2.78 bits per heavy atom. The number of amidine groups is 1. The molecule has 0 amide bonds. The molecule has 1 unspecified atom stereocenters. The average molecular weight is 354 g/mol. The van der Waals surface area contributed by atoms with Crippen LogP contribution in [0, 0.1) is 0 Å². The van der Waals surface area contributed by atoms with E-state index in [1.807, 2.05) is 6.92 Å². The third kappa shape index (κ3) is 4.15. The summed E-state index contributed by atoms with van der Waals surface area (Å²) < 4.78 is 0. The maximum Gasteiger partial charge on any atom is 0.348 e. The molecule has 0 radical (unpaired) electrons. The highest BCUT2D eigenvalue weighted by atomic mass is 79.9. The van der Waals surface area contributed by atoms with Crippen molar-refractivity contribution in [1.82, 2.24) is 0 Å². The van der Waals surface area contributed by atoms with Crippen molar-refractivity contribution in [3.8, 4) is 0 Å². The van der Waals surface area contributed by atoms with Crippen LogP contribution in [0.15, 0.2) is 23.4 Å². The largest absolute Gasteiger partial charge is 0.380 e. The second-order valence-corrected chi connectivity index (χ2v) is 5.34. The number of hydrogen-bond donors (Lipinski definition) is 1. The summed E-state index contributed by atoms with van der Waals surface area (Å²) in [6.07, 6.45) is 0.593. The van der Waals surface area contributed by atoms with Gasteiger partial charge in [-0.05, 0) is 24.6 Å². The number of carbonyl (C=O) groups is 1. The number of carbonyl (C=O) groups excluding carboxylic acids is 1. The van der Waals surface area contributed by atoms with Crippen LogP contribution in [-0.4, -0.2) is 16.6 Å². The highest BCUT2D eigenvalue weighted by molar-refractivity contribution is 9.10. The lowest BCUT2D eigenvalue weighted by molar-refractivity contribution is -0.142. The second kappa shape index (κ2) is 6.97. The molecular formula is C11H11BrCl2N2O2. The molecule has 1 aromatic carbocycles. The van der Waals surface area contributed by atoms with Gasteiger partial charge in [-0.3, -0.25) is 0 Å². The number of halogens is 3. The third-order valence-electron chi connectivity index (χ3n) is 2.06. The van der Waals surface area contributed by atoms with Gasteiger partial charge in [-0.25, -0.2) is 4.79 Å². The van der Waals surface area contributed by atoms with Crippen molar-refractivity contribution in [2.45, 2.75) is 18.2 Å². The topological polar surface area (TPSA) is 64.7 Å². The molecule has 0 saturated heterocycles. The van der Waals surface area contributed by atoms with Gasteiger partial charge in [-0.1, -0.05) is 51.2 Å². The summed E-state index contributed by atoms with van der Waals surface area (Å²) in [6.45, 7) is 1.84. The van der Waals surface area contributed by atoms with Gasteiger partial charge >= 0.3 is 5.97 Å². The summed E-state index contributed by atoms with van der Waals surface area (Å²) in [5, 5.41) is 4.37. The normalized spacial score (nSPS) is 13.2. The van der Waals surface area contributed by atoms with Crippen LogP contribution in [0.2, 0.25) is 10.0 Å². The Labute approximate surface area is 123 Å². The summed E-state index contributed by atoms with van der Waals surface area (Å²) in [5.41, 5.74) is 6.12. The molecule has 4 nitrogen and oxygen atoms in total.